The highest BCUT2D eigenvalue weighted by Crippen LogP contribution is 2.32. The average Bonchev–Trinajstić information content (AvgIpc) is 3.51. The van der Waals surface area contributed by atoms with Crippen molar-refractivity contribution in [3.63, 3.8) is 0 Å². The van der Waals surface area contributed by atoms with Gasteiger partial charge in [0, 0.05) is 43.5 Å². The van der Waals surface area contributed by atoms with Crippen LogP contribution in [-0.4, -0.2) is 41.8 Å². The van der Waals surface area contributed by atoms with E-state index in [2.05, 4.69) is 15.4 Å². The number of fused-ring (bicyclic) bond motifs is 2. The number of benzene rings is 1. The van der Waals surface area contributed by atoms with Gasteiger partial charge in [0.15, 0.2) is 11.3 Å². The number of carbonyl (C=O) groups is 1. The number of aromatic carboxylic acids is 1. The minimum atomic E-state index is -1.10. The molecule has 0 saturated carbocycles. The molecule has 0 saturated heterocycles. The highest BCUT2D eigenvalue weighted by atomic mass is 19.1. The first kappa shape index (κ1) is 20.9. The van der Waals surface area contributed by atoms with Gasteiger partial charge >= 0.3 is 5.97 Å². The van der Waals surface area contributed by atoms with E-state index < -0.39 is 5.97 Å². The molecule has 0 amide bonds. The van der Waals surface area contributed by atoms with Crippen LogP contribution >= 0.6 is 0 Å². The molecule has 2 N–H and O–H groups in total. The van der Waals surface area contributed by atoms with Gasteiger partial charge in [0.05, 0.1) is 23.6 Å². The number of imidazole rings is 1. The number of hydrogen-bond acceptors (Lipinski definition) is 6. The van der Waals surface area contributed by atoms with Crippen LogP contribution in [0.15, 0.2) is 30.6 Å². The van der Waals surface area contributed by atoms with Crippen molar-refractivity contribution in [3.05, 3.63) is 58.9 Å². The van der Waals surface area contributed by atoms with Crippen molar-refractivity contribution in [2.24, 2.45) is 7.05 Å². The predicted molar refractivity (Wildman–Crippen MR) is 119 cm³/mol. The van der Waals surface area contributed by atoms with Gasteiger partial charge in [0.2, 0.25) is 5.95 Å². The Morgan fingerprint density at radius 1 is 1.36 bits per heavy atom. The molecule has 10 heteroatoms. The second kappa shape index (κ2) is 7.88. The predicted octanol–water partition coefficient (Wildman–Crippen LogP) is 3.64. The fourth-order valence-corrected chi connectivity index (χ4v) is 4.08. The van der Waals surface area contributed by atoms with E-state index in [1.807, 2.05) is 24.4 Å². The van der Waals surface area contributed by atoms with Crippen LogP contribution in [0.2, 0.25) is 0 Å². The lowest BCUT2D eigenvalue weighted by Gasteiger charge is -2.13. The summed E-state index contributed by atoms with van der Waals surface area (Å²) in [6, 6.07) is 4.58. The summed E-state index contributed by atoms with van der Waals surface area (Å²) in [6.45, 7) is 4.86. The molecule has 1 aromatic carbocycles. The highest BCUT2D eigenvalue weighted by Gasteiger charge is 2.22. The van der Waals surface area contributed by atoms with Crippen LogP contribution in [0.1, 0.15) is 47.1 Å². The van der Waals surface area contributed by atoms with Gasteiger partial charge in [-0.1, -0.05) is 13.8 Å². The zero-order valence-corrected chi connectivity index (χ0v) is 18.5. The van der Waals surface area contributed by atoms with Crippen molar-refractivity contribution >= 4 is 17.6 Å². The van der Waals surface area contributed by atoms with Crippen LogP contribution in [0.5, 0.6) is 5.75 Å². The number of halogens is 1. The van der Waals surface area contributed by atoms with Crippen LogP contribution in [0.4, 0.5) is 10.3 Å². The van der Waals surface area contributed by atoms with Gasteiger partial charge in [-0.2, -0.15) is 5.10 Å². The topological polar surface area (TPSA) is 107 Å². The minimum absolute atomic E-state index is 0.0564. The molecule has 0 bridgehead atoms. The number of aryl methyl sites for hydroxylation is 1. The van der Waals surface area contributed by atoms with Gasteiger partial charge in [0.1, 0.15) is 11.6 Å². The van der Waals surface area contributed by atoms with E-state index in [-0.39, 0.29) is 24.0 Å². The third-order valence-electron chi connectivity index (χ3n) is 5.84. The molecule has 33 heavy (non-hydrogen) atoms. The number of ether oxygens (including phenoxy) is 1. The van der Waals surface area contributed by atoms with E-state index in [9.17, 15) is 14.3 Å². The summed E-state index contributed by atoms with van der Waals surface area (Å²) in [5.74, 6) is -0.00357. The Balaban J connectivity index is 1.57. The number of anilines is 1. The lowest BCUT2D eigenvalue weighted by Crippen LogP contribution is -2.10. The average molecular weight is 450 g/mol. The maximum absolute atomic E-state index is 14.6. The van der Waals surface area contributed by atoms with Crippen LogP contribution in [0.3, 0.4) is 0 Å². The van der Waals surface area contributed by atoms with Gasteiger partial charge in [-0.05, 0) is 24.1 Å². The smallest absolute Gasteiger partial charge is 0.356 e. The molecule has 170 valence electrons. The number of nitrogens with zero attached hydrogens (tertiary/aromatic N) is 5. The van der Waals surface area contributed by atoms with E-state index in [0.717, 1.165) is 17.0 Å². The monoisotopic (exact) mass is 450 g/mol. The number of rotatable bonds is 6. The molecule has 0 atom stereocenters. The first-order valence-corrected chi connectivity index (χ1v) is 10.7. The molecule has 9 nitrogen and oxygen atoms in total. The van der Waals surface area contributed by atoms with Crippen LogP contribution < -0.4 is 10.1 Å². The molecule has 5 rings (SSSR count). The summed E-state index contributed by atoms with van der Waals surface area (Å²) >= 11 is 0. The van der Waals surface area contributed by atoms with E-state index in [1.165, 1.54) is 16.8 Å². The lowest BCUT2D eigenvalue weighted by molar-refractivity contribution is 0.0689. The third-order valence-corrected chi connectivity index (χ3v) is 5.84. The zero-order chi connectivity index (χ0) is 23.3. The summed E-state index contributed by atoms with van der Waals surface area (Å²) in [7, 11) is 1.68. The first-order valence-electron chi connectivity index (χ1n) is 10.7. The standard InChI is InChI=1S/C23H23FN6O3/c1-12(2)18-11-30-21(27-18)15(19-8-17(22(31)32)28-29(19)3)10-26-23(30)25-9-14-13-6-7-33-20(13)5-4-16(14)24/h4-5,8,10-12H,6-7,9H2,1-3H3,(H,25,26)(H,31,32). The molecule has 0 radical (unpaired) electrons. The van der Waals surface area contributed by atoms with Crippen molar-refractivity contribution in [3.8, 4) is 17.0 Å². The maximum atomic E-state index is 14.6. The fraction of sp³-hybridized carbons (Fsp3) is 0.304. The SMILES string of the molecule is CC(C)c1cn2c(NCc3c(F)ccc4c3CCO4)ncc(-c3cc(C(=O)O)nn3C)c2n1. The van der Waals surface area contributed by atoms with Gasteiger partial charge < -0.3 is 15.2 Å². The third kappa shape index (κ3) is 3.57. The number of aromatic nitrogens is 5. The molecule has 4 aromatic rings. The van der Waals surface area contributed by atoms with Gasteiger partial charge in [0.25, 0.3) is 0 Å². The fourth-order valence-electron chi connectivity index (χ4n) is 4.08. The molecule has 0 spiro atoms. The van der Waals surface area contributed by atoms with E-state index in [4.69, 9.17) is 9.72 Å². The second-order valence-corrected chi connectivity index (χ2v) is 8.31. The van der Waals surface area contributed by atoms with Crippen molar-refractivity contribution in [1.29, 1.82) is 0 Å². The molecule has 4 heterocycles. The molecule has 0 unspecified atom stereocenters. The Morgan fingerprint density at radius 2 is 2.18 bits per heavy atom. The number of nitrogens with one attached hydrogen (secondary N) is 1. The Bertz CT molecular complexity index is 1390. The lowest BCUT2D eigenvalue weighted by atomic mass is 10.0. The van der Waals surface area contributed by atoms with Crippen LogP contribution in [0, 0.1) is 5.82 Å². The van der Waals surface area contributed by atoms with Crippen molar-refractivity contribution in [1.82, 2.24) is 24.1 Å². The van der Waals surface area contributed by atoms with E-state index in [0.29, 0.717) is 41.4 Å². The van der Waals surface area contributed by atoms with Crippen molar-refractivity contribution in [2.75, 3.05) is 11.9 Å². The zero-order valence-electron chi connectivity index (χ0n) is 18.5. The van der Waals surface area contributed by atoms with Crippen molar-refractivity contribution in [2.45, 2.75) is 32.7 Å². The second-order valence-electron chi connectivity index (χ2n) is 8.31. The number of carboxylic acids is 1. The largest absolute Gasteiger partial charge is 0.493 e. The molecule has 0 fully saturated rings. The van der Waals surface area contributed by atoms with E-state index >= 15 is 0 Å². The van der Waals surface area contributed by atoms with Crippen LogP contribution in [-0.2, 0) is 20.0 Å². The van der Waals surface area contributed by atoms with Gasteiger partial charge in [-0.25, -0.2) is 19.2 Å². The summed E-state index contributed by atoms with van der Waals surface area (Å²) < 4.78 is 23.5. The Labute approximate surface area is 188 Å². The summed E-state index contributed by atoms with van der Waals surface area (Å²) in [6.07, 6.45) is 4.19. The Kier molecular flexibility index (Phi) is 4.99. The Morgan fingerprint density at radius 3 is 2.91 bits per heavy atom. The minimum Gasteiger partial charge on any atom is -0.493 e. The number of carboxylic acid groups (broad SMARTS) is 1. The quantitative estimate of drug-likeness (QED) is 0.462. The maximum Gasteiger partial charge on any atom is 0.356 e. The molecule has 0 aliphatic carbocycles. The highest BCUT2D eigenvalue weighted by molar-refractivity contribution is 5.88. The molecule has 3 aromatic heterocycles. The van der Waals surface area contributed by atoms with Gasteiger partial charge in [-0.15, -0.1) is 0 Å². The first-order chi connectivity index (χ1) is 15.8. The van der Waals surface area contributed by atoms with E-state index in [1.54, 1.807) is 19.3 Å². The van der Waals surface area contributed by atoms with Gasteiger partial charge in [-0.3, -0.25) is 9.08 Å². The van der Waals surface area contributed by atoms with Crippen LogP contribution in [0.25, 0.3) is 16.9 Å². The molecule has 1 aliphatic rings. The normalized spacial score (nSPS) is 12.9. The Hall–Kier alpha value is -3.95. The summed E-state index contributed by atoms with van der Waals surface area (Å²) in [5, 5.41) is 16.6. The van der Waals surface area contributed by atoms with Crippen molar-refractivity contribution < 1.29 is 19.0 Å². The molecule has 1 aliphatic heterocycles. The summed E-state index contributed by atoms with van der Waals surface area (Å²) in [5.41, 5.74) is 4.08. The summed E-state index contributed by atoms with van der Waals surface area (Å²) in [4.78, 5) is 20.7. The molecular weight excluding hydrogens is 427 g/mol. The molecular formula is C23H23FN6O3. The number of hydrogen-bond donors (Lipinski definition) is 2.